The molecule has 0 fully saturated rings. The van der Waals surface area contributed by atoms with Crippen molar-refractivity contribution in [2.24, 2.45) is 7.05 Å². The summed E-state index contributed by atoms with van der Waals surface area (Å²) in [6.45, 7) is 7.13. The minimum absolute atomic E-state index is 0.109. The van der Waals surface area contributed by atoms with E-state index in [1.165, 1.54) is 0 Å². The summed E-state index contributed by atoms with van der Waals surface area (Å²) in [4.78, 5) is 16.5. The lowest BCUT2D eigenvalue weighted by molar-refractivity contribution is -0.124. The molecule has 138 valence electrons. The number of aromatic nitrogens is 3. The fourth-order valence-electron chi connectivity index (χ4n) is 2.54. The van der Waals surface area contributed by atoms with Gasteiger partial charge in [0.05, 0.1) is 25.2 Å². The number of aryl methyl sites for hydroxylation is 3. The van der Waals surface area contributed by atoms with Crippen LogP contribution in [0.4, 0.5) is 0 Å². The van der Waals surface area contributed by atoms with Crippen LogP contribution in [0.1, 0.15) is 18.2 Å². The first-order valence-electron chi connectivity index (χ1n) is 8.22. The molecule has 0 saturated carbocycles. The Hall–Kier alpha value is -2.19. The van der Waals surface area contributed by atoms with E-state index in [0.29, 0.717) is 25.7 Å². The average molecular weight is 350 g/mol. The molecule has 0 aliphatic carbocycles. The molecule has 2 rings (SSSR count). The van der Waals surface area contributed by atoms with Gasteiger partial charge in [0.2, 0.25) is 5.88 Å². The third-order valence-corrected chi connectivity index (χ3v) is 3.63. The van der Waals surface area contributed by atoms with Gasteiger partial charge < -0.3 is 19.5 Å². The standard InChI is InChI=1S/C17H26N4O4/c1-11-8-12(2)19-16-15(11)17(20-21(16)4)25-10-14(22)18-13(3)9-24-7-6-23-5/h8,13H,6-7,9-10H2,1-5H3,(H,18,22)/t13-/m0/s1. The van der Waals surface area contributed by atoms with Gasteiger partial charge in [-0.15, -0.1) is 5.10 Å². The molecule has 1 N–H and O–H groups in total. The second-order valence-corrected chi connectivity index (χ2v) is 6.03. The lowest BCUT2D eigenvalue weighted by atomic mass is 10.2. The largest absolute Gasteiger partial charge is 0.466 e. The van der Waals surface area contributed by atoms with Crippen molar-refractivity contribution in [3.05, 3.63) is 17.3 Å². The molecule has 2 heterocycles. The Morgan fingerprint density at radius 1 is 1.36 bits per heavy atom. The molecule has 2 aromatic rings. The minimum Gasteiger partial charge on any atom is -0.466 e. The molecule has 0 bridgehead atoms. The van der Waals surface area contributed by atoms with Gasteiger partial charge in [0.1, 0.15) is 0 Å². The van der Waals surface area contributed by atoms with Gasteiger partial charge in [0.15, 0.2) is 12.3 Å². The normalized spacial score (nSPS) is 12.4. The number of carbonyl (C=O) groups excluding carboxylic acids is 1. The van der Waals surface area contributed by atoms with Crippen LogP contribution in [-0.2, 0) is 21.3 Å². The maximum atomic E-state index is 12.0. The third kappa shape index (κ3) is 5.14. The molecule has 0 aliphatic heterocycles. The van der Waals surface area contributed by atoms with Gasteiger partial charge in [0.25, 0.3) is 5.91 Å². The van der Waals surface area contributed by atoms with Gasteiger partial charge in [-0.05, 0) is 32.4 Å². The Morgan fingerprint density at radius 3 is 2.84 bits per heavy atom. The van der Waals surface area contributed by atoms with E-state index < -0.39 is 0 Å². The van der Waals surface area contributed by atoms with Crippen molar-refractivity contribution in [3.63, 3.8) is 0 Å². The number of nitrogens with zero attached hydrogens (tertiary/aromatic N) is 3. The Morgan fingerprint density at radius 2 is 2.12 bits per heavy atom. The number of carbonyl (C=O) groups is 1. The summed E-state index contributed by atoms with van der Waals surface area (Å²) in [5.41, 5.74) is 2.68. The van der Waals surface area contributed by atoms with Crippen LogP contribution < -0.4 is 10.1 Å². The SMILES string of the molecule is COCCOC[C@H](C)NC(=O)COc1nn(C)c2nc(C)cc(C)c12. The fourth-order valence-corrected chi connectivity index (χ4v) is 2.54. The highest BCUT2D eigenvalue weighted by Gasteiger charge is 2.16. The number of hydrogen-bond acceptors (Lipinski definition) is 6. The van der Waals surface area contributed by atoms with Gasteiger partial charge in [-0.3, -0.25) is 4.79 Å². The van der Waals surface area contributed by atoms with E-state index in [2.05, 4.69) is 15.4 Å². The molecule has 0 saturated heterocycles. The van der Waals surface area contributed by atoms with E-state index in [1.54, 1.807) is 18.8 Å². The Labute approximate surface area is 147 Å². The first-order chi connectivity index (χ1) is 11.9. The molecular formula is C17H26N4O4. The second kappa shape index (κ2) is 8.77. The van der Waals surface area contributed by atoms with Crippen LogP contribution in [0.5, 0.6) is 5.88 Å². The lowest BCUT2D eigenvalue weighted by Gasteiger charge is -2.14. The molecule has 0 aromatic carbocycles. The lowest BCUT2D eigenvalue weighted by Crippen LogP contribution is -2.39. The molecule has 2 aromatic heterocycles. The van der Waals surface area contributed by atoms with Crippen LogP contribution in [0.15, 0.2) is 6.07 Å². The summed E-state index contributed by atoms with van der Waals surface area (Å²) in [5.74, 6) is 0.195. The average Bonchev–Trinajstić information content (AvgIpc) is 2.86. The van der Waals surface area contributed by atoms with Crippen LogP contribution in [-0.4, -0.2) is 60.3 Å². The predicted octanol–water partition coefficient (Wildman–Crippen LogP) is 1.13. The molecule has 0 aliphatic rings. The topological polar surface area (TPSA) is 87.5 Å². The van der Waals surface area contributed by atoms with E-state index >= 15 is 0 Å². The summed E-state index contributed by atoms with van der Waals surface area (Å²) in [6, 6.07) is 1.86. The van der Waals surface area contributed by atoms with Gasteiger partial charge in [-0.25, -0.2) is 9.67 Å². The summed E-state index contributed by atoms with van der Waals surface area (Å²) in [5, 5.41) is 7.98. The molecule has 1 atom stereocenters. The Bertz CT molecular complexity index is 729. The Kier molecular flexibility index (Phi) is 6.72. The van der Waals surface area contributed by atoms with Gasteiger partial charge >= 0.3 is 0 Å². The van der Waals surface area contributed by atoms with Crippen molar-refractivity contribution in [1.82, 2.24) is 20.1 Å². The van der Waals surface area contributed by atoms with Crippen molar-refractivity contribution in [1.29, 1.82) is 0 Å². The smallest absolute Gasteiger partial charge is 0.258 e. The molecule has 8 heteroatoms. The Balaban J connectivity index is 1.91. The number of rotatable bonds is 9. The van der Waals surface area contributed by atoms with Gasteiger partial charge in [0, 0.05) is 25.9 Å². The highest BCUT2D eigenvalue weighted by atomic mass is 16.5. The summed E-state index contributed by atoms with van der Waals surface area (Å²) in [7, 11) is 3.42. The van der Waals surface area contributed by atoms with E-state index in [-0.39, 0.29) is 18.6 Å². The molecule has 8 nitrogen and oxygen atoms in total. The highest BCUT2D eigenvalue weighted by molar-refractivity contribution is 5.85. The van der Waals surface area contributed by atoms with Crippen molar-refractivity contribution in [3.8, 4) is 5.88 Å². The van der Waals surface area contributed by atoms with E-state index in [9.17, 15) is 4.79 Å². The number of pyridine rings is 1. The summed E-state index contributed by atoms with van der Waals surface area (Å²) in [6.07, 6.45) is 0. The van der Waals surface area contributed by atoms with Crippen LogP contribution in [0.2, 0.25) is 0 Å². The monoisotopic (exact) mass is 350 g/mol. The summed E-state index contributed by atoms with van der Waals surface area (Å²) < 4.78 is 17.6. The molecule has 0 spiro atoms. The molecule has 0 unspecified atom stereocenters. The van der Waals surface area contributed by atoms with E-state index in [0.717, 1.165) is 22.3 Å². The van der Waals surface area contributed by atoms with Crippen LogP contribution >= 0.6 is 0 Å². The van der Waals surface area contributed by atoms with Crippen LogP contribution in [0, 0.1) is 13.8 Å². The second-order valence-electron chi connectivity index (χ2n) is 6.03. The highest BCUT2D eigenvalue weighted by Crippen LogP contribution is 2.26. The number of nitrogens with one attached hydrogen (secondary N) is 1. The zero-order chi connectivity index (χ0) is 18.4. The van der Waals surface area contributed by atoms with Crippen molar-refractivity contribution < 1.29 is 19.0 Å². The van der Waals surface area contributed by atoms with Crippen molar-refractivity contribution >= 4 is 16.9 Å². The molecule has 1 amide bonds. The quantitative estimate of drug-likeness (QED) is 0.682. The molecular weight excluding hydrogens is 324 g/mol. The zero-order valence-electron chi connectivity index (χ0n) is 15.5. The van der Waals surface area contributed by atoms with Gasteiger partial charge in [-0.1, -0.05) is 0 Å². The van der Waals surface area contributed by atoms with Gasteiger partial charge in [-0.2, -0.15) is 0 Å². The maximum Gasteiger partial charge on any atom is 0.258 e. The van der Waals surface area contributed by atoms with Crippen molar-refractivity contribution in [2.75, 3.05) is 33.5 Å². The fraction of sp³-hybridized carbons (Fsp3) is 0.588. The molecule has 0 radical (unpaired) electrons. The third-order valence-electron chi connectivity index (χ3n) is 3.63. The first-order valence-corrected chi connectivity index (χ1v) is 8.22. The van der Waals surface area contributed by atoms with Crippen LogP contribution in [0.25, 0.3) is 11.0 Å². The number of methoxy groups -OCH3 is 1. The zero-order valence-corrected chi connectivity index (χ0v) is 15.5. The number of ether oxygens (including phenoxy) is 3. The van der Waals surface area contributed by atoms with Crippen LogP contribution in [0.3, 0.4) is 0 Å². The van der Waals surface area contributed by atoms with E-state index in [4.69, 9.17) is 14.2 Å². The number of fused-ring (bicyclic) bond motifs is 1. The number of hydrogen-bond donors (Lipinski definition) is 1. The number of amides is 1. The first kappa shape index (κ1) is 19.1. The minimum atomic E-state index is -0.223. The summed E-state index contributed by atoms with van der Waals surface area (Å²) >= 11 is 0. The maximum absolute atomic E-state index is 12.0. The predicted molar refractivity (Wildman–Crippen MR) is 93.8 cm³/mol. The van der Waals surface area contributed by atoms with E-state index in [1.807, 2.05) is 26.8 Å². The van der Waals surface area contributed by atoms with Crippen molar-refractivity contribution in [2.45, 2.75) is 26.8 Å². The molecule has 25 heavy (non-hydrogen) atoms.